The average Bonchev–Trinajstić information content (AvgIpc) is 3.58. The van der Waals surface area contributed by atoms with Crippen LogP contribution in [0.1, 0.15) is 68.7 Å². The maximum atomic E-state index is 15.6. The summed E-state index contributed by atoms with van der Waals surface area (Å²) >= 11 is 6.11. The molecule has 4 aliphatic rings. The molecule has 8 atom stereocenters. The van der Waals surface area contributed by atoms with E-state index in [1.165, 1.54) is 23.4 Å². The van der Waals surface area contributed by atoms with Gasteiger partial charge in [-0.3, -0.25) is 19.2 Å². The van der Waals surface area contributed by atoms with Crippen LogP contribution >= 0.6 is 11.6 Å². The van der Waals surface area contributed by atoms with Gasteiger partial charge in [0.2, 0.25) is 0 Å². The van der Waals surface area contributed by atoms with Gasteiger partial charge in [0.15, 0.2) is 42.6 Å². The minimum atomic E-state index is -1.88. The van der Waals surface area contributed by atoms with Gasteiger partial charge in [-0.05, 0) is 12.5 Å². The minimum absolute atomic E-state index is 0.0381. The van der Waals surface area contributed by atoms with E-state index in [1.807, 2.05) is 0 Å². The normalized spacial score (nSPS) is 29.4. The Hall–Kier alpha value is -4.62. The molecule has 0 bridgehead atoms. The number of nitrogens with two attached hydrogens (primary N) is 2. The molecule has 4 heterocycles. The predicted molar refractivity (Wildman–Crippen MR) is 210 cm³/mol. The number of rotatable bonds is 14. The number of hydrazone groups is 1. The Kier molecular flexibility index (Phi) is 16.4. The Morgan fingerprint density at radius 3 is 1.67 bits per heavy atom. The standard InChI is InChI=1S/C20H30FN3O5.C18H26ClFN4O5/c1-7-20(10-27-18(25)11(2)3)16(28-19(26)12(4)5)15(21)17(29-20)24-9-8-14(22)23-13(24)6;1-9(2)16(25)27-8-18(7-19)14(28-17(26)10(3)4)13(20)15(29-18)24-11(5)23-12(21)6-22-24/h8-9,11-12,15-17H,6-7,10H2,1-5H3,(H2,22,23);6,9-10,13-15H,5,7-8H2,1-4H3,(H2,21,23)/t15-,16+,17-,20-;13-,14+,15-,18-/m11/s1. The number of amidine groups is 2. The summed E-state index contributed by atoms with van der Waals surface area (Å²) in [7, 11) is 0. The summed E-state index contributed by atoms with van der Waals surface area (Å²) in [6.45, 7) is 21.8. The molecule has 0 spiro atoms. The van der Waals surface area contributed by atoms with E-state index in [2.05, 4.69) is 28.2 Å². The van der Waals surface area contributed by atoms with E-state index < -0.39 is 96.4 Å². The molecule has 0 aromatic carbocycles. The molecule has 20 heteroatoms. The van der Waals surface area contributed by atoms with E-state index >= 15 is 8.78 Å². The summed E-state index contributed by atoms with van der Waals surface area (Å²) in [5.74, 6) is -3.68. The number of ether oxygens (including phenoxy) is 6. The van der Waals surface area contributed by atoms with Crippen molar-refractivity contribution in [3.05, 3.63) is 37.1 Å². The molecule has 324 valence electrons. The highest BCUT2D eigenvalue weighted by Gasteiger charge is 2.62. The molecule has 2 saturated heterocycles. The number of nitrogens with zero attached hydrogens (tertiary/aromatic N) is 5. The minimum Gasteiger partial charge on any atom is -0.462 e. The first-order valence-electron chi connectivity index (χ1n) is 18.8. The first kappa shape index (κ1) is 47.8. The summed E-state index contributed by atoms with van der Waals surface area (Å²) < 4.78 is 64.4. The Bertz CT molecular complexity index is 1570. The van der Waals surface area contributed by atoms with Crippen molar-refractivity contribution in [3.63, 3.8) is 0 Å². The zero-order valence-electron chi connectivity index (χ0n) is 34.4. The zero-order valence-corrected chi connectivity index (χ0v) is 35.1. The van der Waals surface area contributed by atoms with Crippen molar-refractivity contribution in [2.75, 3.05) is 19.1 Å². The quantitative estimate of drug-likeness (QED) is 0.144. The van der Waals surface area contributed by atoms with Crippen LogP contribution in [0.15, 0.2) is 52.2 Å². The number of esters is 4. The van der Waals surface area contributed by atoms with Gasteiger partial charge in [-0.1, -0.05) is 75.5 Å². The number of carbonyl (C=O) groups is 4. The molecule has 58 heavy (non-hydrogen) atoms. The number of alkyl halides is 3. The molecular formula is C38H56ClF2N7O10. The monoisotopic (exact) mass is 843 g/mol. The summed E-state index contributed by atoms with van der Waals surface area (Å²) in [5.41, 5.74) is 8.25. The maximum Gasteiger partial charge on any atom is 0.308 e. The van der Waals surface area contributed by atoms with Crippen LogP contribution < -0.4 is 11.5 Å². The van der Waals surface area contributed by atoms with Crippen molar-refractivity contribution < 1.29 is 56.4 Å². The van der Waals surface area contributed by atoms with Crippen molar-refractivity contribution >= 4 is 53.4 Å². The van der Waals surface area contributed by atoms with E-state index in [0.717, 1.165) is 5.01 Å². The predicted octanol–water partition coefficient (Wildman–Crippen LogP) is 3.81. The molecule has 0 amide bonds. The van der Waals surface area contributed by atoms with Crippen LogP contribution in [0.5, 0.6) is 0 Å². The Morgan fingerprint density at radius 1 is 0.776 bits per heavy atom. The van der Waals surface area contributed by atoms with Crippen LogP contribution in [0.3, 0.4) is 0 Å². The smallest absolute Gasteiger partial charge is 0.308 e. The molecule has 4 aliphatic heterocycles. The summed E-state index contributed by atoms with van der Waals surface area (Å²) in [5, 5.41) is 5.07. The molecule has 0 saturated carbocycles. The molecule has 0 aromatic rings. The Balaban J connectivity index is 0.000000310. The Morgan fingerprint density at radius 2 is 1.22 bits per heavy atom. The van der Waals surface area contributed by atoms with Gasteiger partial charge in [-0.2, -0.15) is 5.10 Å². The van der Waals surface area contributed by atoms with Crippen LogP contribution in [0.25, 0.3) is 0 Å². The van der Waals surface area contributed by atoms with Gasteiger partial charge in [0.1, 0.15) is 42.1 Å². The number of carbonyl (C=O) groups excluding carboxylic acids is 4. The van der Waals surface area contributed by atoms with Crippen LogP contribution in [0.4, 0.5) is 8.78 Å². The highest BCUT2D eigenvalue weighted by atomic mass is 35.5. The fraction of sp³-hybridized carbons (Fsp3) is 0.658. The third-order valence-corrected chi connectivity index (χ3v) is 9.75. The lowest BCUT2D eigenvalue weighted by atomic mass is 9.93. The molecule has 0 aliphatic carbocycles. The van der Waals surface area contributed by atoms with Crippen molar-refractivity contribution in [2.45, 2.75) is 117 Å². The van der Waals surface area contributed by atoms with Gasteiger partial charge in [-0.25, -0.2) is 23.8 Å². The third kappa shape index (κ3) is 10.9. The lowest BCUT2D eigenvalue weighted by Gasteiger charge is -2.33. The van der Waals surface area contributed by atoms with Crippen LogP contribution in [-0.4, -0.2) is 119 Å². The topological polar surface area (TPSA) is 219 Å². The van der Waals surface area contributed by atoms with Crippen LogP contribution in [-0.2, 0) is 47.6 Å². The van der Waals surface area contributed by atoms with E-state index in [-0.39, 0.29) is 48.1 Å². The zero-order chi connectivity index (χ0) is 43.9. The molecule has 2 fully saturated rings. The van der Waals surface area contributed by atoms with Crippen LogP contribution in [0.2, 0.25) is 0 Å². The first-order valence-corrected chi connectivity index (χ1v) is 19.4. The molecule has 0 unspecified atom stereocenters. The van der Waals surface area contributed by atoms with Crippen molar-refractivity contribution in [3.8, 4) is 0 Å². The largest absolute Gasteiger partial charge is 0.462 e. The van der Waals surface area contributed by atoms with Crippen molar-refractivity contribution in [2.24, 2.45) is 50.2 Å². The first-order chi connectivity index (χ1) is 27.0. The fourth-order valence-electron chi connectivity index (χ4n) is 5.72. The highest BCUT2D eigenvalue weighted by molar-refractivity contribution is 6.29. The van der Waals surface area contributed by atoms with Crippen LogP contribution in [0, 0.1) is 23.7 Å². The lowest BCUT2D eigenvalue weighted by molar-refractivity contribution is -0.183. The van der Waals surface area contributed by atoms with Gasteiger partial charge in [0.25, 0.3) is 0 Å². The lowest BCUT2D eigenvalue weighted by Crippen LogP contribution is -2.51. The molecular weight excluding hydrogens is 788 g/mol. The molecule has 4 rings (SSSR count). The molecule has 0 radical (unpaired) electrons. The van der Waals surface area contributed by atoms with E-state index in [1.54, 1.807) is 62.3 Å². The van der Waals surface area contributed by atoms with Crippen molar-refractivity contribution in [1.82, 2.24) is 9.91 Å². The van der Waals surface area contributed by atoms with Gasteiger partial charge in [-0.15, -0.1) is 11.6 Å². The second kappa shape index (κ2) is 19.9. The summed E-state index contributed by atoms with van der Waals surface area (Å²) in [4.78, 5) is 57.7. The molecule has 17 nitrogen and oxygen atoms in total. The molecule has 0 aromatic heterocycles. The van der Waals surface area contributed by atoms with E-state index in [9.17, 15) is 19.2 Å². The second-order valence-corrected chi connectivity index (χ2v) is 15.6. The number of halogens is 3. The van der Waals surface area contributed by atoms with Gasteiger partial charge >= 0.3 is 23.9 Å². The fourth-order valence-corrected chi connectivity index (χ4v) is 6.01. The number of aliphatic imine (C=N–C) groups is 2. The second-order valence-electron chi connectivity index (χ2n) is 15.3. The number of hydrogen-bond donors (Lipinski definition) is 2. The molecule has 4 N–H and O–H groups in total. The van der Waals surface area contributed by atoms with Crippen molar-refractivity contribution in [1.29, 1.82) is 0 Å². The maximum absolute atomic E-state index is 15.6. The Labute approximate surface area is 342 Å². The summed E-state index contributed by atoms with van der Waals surface area (Å²) in [6, 6.07) is 0. The average molecular weight is 844 g/mol. The van der Waals surface area contributed by atoms with E-state index in [4.69, 9.17) is 51.5 Å². The third-order valence-electron chi connectivity index (χ3n) is 9.30. The number of hydrogen-bond acceptors (Lipinski definition) is 17. The van der Waals surface area contributed by atoms with Gasteiger partial charge in [0, 0.05) is 6.20 Å². The highest BCUT2D eigenvalue weighted by Crippen LogP contribution is 2.42. The van der Waals surface area contributed by atoms with E-state index in [0.29, 0.717) is 0 Å². The SMILES string of the molecule is C=C1N=C(N)C=CN1[C@@H]1O[C@](CC)(COC(=O)C(C)C)[C@@H](OC(=O)C(C)C)[C@H]1F.C=C1N=C(N)C=NN1[C@@H]1O[C@](CCl)(COC(=O)C(C)C)[C@@H](OC(=O)C(C)C)[C@H]1F. The summed E-state index contributed by atoms with van der Waals surface area (Å²) in [6.07, 6.45) is -4.39. The van der Waals surface area contributed by atoms with Gasteiger partial charge < -0.3 is 44.8 Å². The van der Waals surface area contributed by atoms with Gasteiger partial charge in [0.05, 0.1) is 35.8 Å².